The molecule has 0 unspecified atom stereocenters. The van der Waals surface area contributed by atoms with E-state index in [1.165, 1.54) is 0 Å². The number of ether oxygens (including phenoxy) is 1. The largest absolute Gasteiger partial charge is 0.488 e. The second kappa shape index (κ2) is 6.48. The second-order valence-corrected chi connectivity index (χ2v) is 5.12. The third-order valence-electron chi connectivity index (χ3n) is 3.36. The quantitative estimate of drug-likeness (QED) is 0.861. The zero-order chi connectivity index (χ0) is 13.2. The first-order chi connectivity index (χ1) is 9.24. The van der Waals surface area contributed by atoms with Crippen LogP contribution >= 0.6 is 24.0 Å². The molecule has 1 aromatic rings. The summed E-state index contributed by atoms with van der Waals surface area (Å²) in [7, 11) is 0. The molecule has 1 fully saturated rings. The van der Waals surface area contributed by atoms with Crippen LogP contribution < -0.4 is 10.1 Å². The molecule has 20 heavy (non-hydrogen) atoms. The molecule has 2 aliphatic rings. The van der Waals surface area contributed by atoms with Crippen molar-refractivity contribution in [3.8, 4) is 5.75 Å². The molecule has 6 heteroatoms. The zero-order valence-electron chi connectivity index (χ0n) is 10.9. The summed E-state index contributed by atoms with van der Waals surface area (Å²) in [5, 5.41) is 3.88. The Morgan fingerprint density at radius 2 is 2.05 bits per heavy atom. The monoisotopic (exact) mass is 314 g/mol. The number of rotatable bonds is 1. The standard InChI is InChI=1S/C14H15ClN2O2.ClH/c15-12-1-2-13-10(8-12)7-11(9-19-13)14(18)17-5-3-16-4-6-17;/h1-2,7-8,16H,3-6,9H2;1H. The third kappa shape index (κ3) is 3.08. The topological polar surface area (TPSA) is 41.6 Å². The number of fused-ring (bicyclic) bond motifs is 1. The molecule has 2 aliphatic heterocycles. The third-order valence-corrected chi connectivity index (χ3v) is 3.60. The van der Waals surface area contributed by atoms with Crippen LogP contribution in [0.15, 0.2) is 23.8 Å². The molecule has 2 heterocycles. The van der Waals surface area contributed by atoms with Crippen molar-refractivity contribution in [3.63, 3.8) is 0 Å². The van der Waals surface area contributed by atoms with E-state index in [1.54, 1.807) is 6.07 Å². The van der Waals surface area contributed by atoms with E-state index in [0.717, 1.165) is 37.5 Å². The maximum Gasteiger partial charge on any atom is 0.253 e. The molecule has 0 aliphatic carbocycles. The molecule has 1 N–H and O–H groups in total. The Kier molecular flexibility index (Phi) is 4.91. The Morgan fingerprint density at radius 1 is 1.30 bits per heavy atom. The molecule has 3 rings (SSSR count). The van der Waals surface area contributed by atoms with Crippen molar-refractivity contribution in [2.45, 2.75) is 0 Å². The Bertz CT molecular complexity index is 540. The first-order valence-corrected chi connectivity index (χ1v) is 6.75. The minimum absolute atomic E-state index is 0. The van der Waals surface area contributed by atoms with Crippen molar-refractivity contribution in [2.75, 3.05) is 32.8 Å². The van der Waals surface area contributed by atoms with Crippen molar-refractivity contribution in [1.82, 2.24) is 10.2 Å². The lowest BCUT2D eigenvalue weighted by Gasteiger charge is -2.29. The highest BCUT2D eigenvalue weighted by Gasteiger charge is 2.23. The van der Waals surface area contributed by atoms with Crippen molar-refractivity contribution in [3.05, 3.63) is 34.4 Å². The molecular weight excluding hydrogens is 299 g/mol. The maximum absolute atomic E-state index is 12.4. The van der Waals surface area contributed by atoms with Gasteiger partial charge in [0.05, 0.1) is 5.57 Å². The molecule has 1 amide bonds. The summed E-state index contributed by atoms with van der Waals surface area (Å²) < 4.78 is 5.61. The van der Waals surface area contributed by atoms with Crippen LogP contribution in [0.3, 0.4) is 0 Å². The fourth-order valence-corrected chi connectivity index (χ4v) is 2.52. The minimum Gasteiger partial charge on any atom is -0.488 e. The number of benzene rings is 1. The van der Waals surface area contributed by atoms with Gasteiger partial charge in [0.1, 0.15) is 12.4 Å². The maximum atomic E-state index is 12.4. The summed E-state index contributed by atoms with van der Waals surface area (Å²) in [6.07, 6.45) is 1.88. The van der Waals surface area contributed by atoms with E-state index in [1.807, 2.05) is 23.1 Å². The van der Waals surface area contributed by atoms with Crippen LogP contribution in [-0.4, -0.2) is 43.6 Å². The highest BCUT2D eigenvalue weighted by Crippen LogP contribution is 2.29. The lowest BCUT2D eigenvalue weighted by Crippen LogP contribution is -2.47. The van der Waals surface area contributed by atoms with Crippen LogP contribution in [0.2, 0.25) is 5.02 Å². The minimum atomic E-state index is 0. The summed E-state index contributed by atoms with van der Waals surface area (Å²) in [5.74, 6) is 0.841. The van der Waals surface area contributed by atoms with Crippen molar-refractivity contribution >= 4 is 36.0 Å². The second-order valence-electron chi connectivity index (χ2n) is 4.68. The van der Waals surface area contributed by atoms with E-state index < -0.39 is 0 Å². The number of halogens is 2. The predicted molar refractivity (Wildman–Crippen MR) is 81.6 cm³/mol. The van der Waals surface area contributed by atoms with E-state index in [2.05, 4.69) is 5.32 Å². The number of piperazine rings is 1. The molecule has 1 saturated heterocycles. The van der Waals surface area contributed by atoms with Crippen molar-refractivity contribution in [2.24, 2.45) is 0 Å². The SMILES string of the molecule is Cl.O=C(C1=Cc2cc(Cl)ccc2OC1)N1CCNCC1. The van der Waals surface area contributed by atoms with Gasteiger partial charge in [0.2, 0.25) is 0 Å². The first kappa shape index (κ1) is 15.2. The molecular formula is C14H16Cl2N2O2. The van der Waals surface area contributed by atoms with E-state index in [9.17, 15) is 4.79 Å². The van der Waals surface area contributed by atoms with Crippen LogP contribution in [0.4, 0.5) is 0 Å². The Labute approximate surface area is 129 Å². The Morgan fingerprint density at radius 3 is 2.80 bits per heavy atom. The average molecular weight is 315 g/mol. The van der Waals surface area contributed by atoms with Gasteiger partial charge in [0.15, 0.2) is 0 Å². The number of hydrogen-bond acceptors (Lipinski definition) is 3. The summed E-state index contributed by atoms with van der Waals surface area (Å²) in [6, 6.07) is 5.44. The van der Waals surface area contributed by atoms with Crippen LogP contribution in [-0.2, 0) is 4.79 Å². The smallest absolute Gasteiger partial charge is 0.253 e. The van der Waals surface area contributed by atoms with Gasteiger partial charge in [-0.1, -0.05) is 11.6 Å². The summed E-state index contributed by atoms with van der Waals surface area (Å²) in [4.78, 5) is 14.2. The van der Waals surface area contributed by atoms with E-state index in [0.29, 0.717) is 17.2 Å². The summed E-state index contributed by atoms with van der Waals surface area (Å²) in [5.41, 5.74) is 1.56. The molecule has 108 valence electrons. The Balaban J connectivity index is 0.00000147. The number of amides is 1. The highest BCUT2D eigenvalue weighted by molar-refractivity contribution is 6.30. The average Bonchev–Trinajstić information content (AvgIpc) is 2.46. The van der Waals surface area contributed by atoms with Crippen LogP contribution in [0, 0.1) is 0 Å². The number of nitrogens with zero attached hydrogens (tertiary/aromatic N) is 1. The van der Waals surface area contributed by atoms with Gasteiger partial charge in [-0.05, 0) is 24.3 Å². The predicted octanol–water partition coefficient (Wildman–Crippen LogP) is 1.97. The molecule has 0 radical (unpaired) electrons. The van der Waals surface area contributed by atoms with Gasteiger partial charge in [0.25, 0.3) is 5.91 Å². The van der Waals surface area contributed by atoms with Gasteiger partial charge in [-0.3, -0.25) is 4.79 Å². The molecule has 0 atom stereocenters. The van der Waals surface area contributed by atoms with E-state index in [-0.39, 0.29) is 18.3 Å². The van der Waals surface area contributed by atoms with Gasteiger partial charge in [-0.2, -0.15) is 0 Å². The molecule has 4 nitrogen and oxygen atoms in total. The zero-order valence-corrected chi connectivity index (χ0v) is 12.5. The number of nitrogens with one attached hydrogen (secondary N) is 1. The molecule has 0 spiro atoms. The lowest BCUT2D eigenvalue weighted by molar-refractivity contribution is -0.128. The molecule has 0 saturated carbocycles. The van der Waals surface area contributed by atoms with Crippen molar-refractivity contribution in [1.29, 1.82) is 0 Å². The van der Waals surface area contributed by atoms with Gasteiger partial charge in [-0.25, -0.2) is 0 Å². The van der Waals surface area contributed by atoms with Gasteiger partial charge in [-0.15, -0.1) is 12.4 Å². The number of hydrogen-bond donors (Lipinski definition) is 1. The summed E-state index contributed by atoms with van der Waals surface area (Å²) in [6.45, 7) is 3.53. The normalized spacial score (nSPS) is 17.4. The van der Waals surface area contributed by atoms with Gasteiger partial charge >= 0.3 is 0 Å². The molecule has 1 aromatic carbocycles. The number of carbonyl (C=O) groups is 1. The molecule has 0 bridgehead atoms. The molecule has 0 aromatic heterocycles. The lowest BCUT2D eigenvalue weighted by atomic mass is 10.1. The van der Waals surface area contributed by atoms with Crippen LogP contribution in [0.25, 0.3) is 6.08 Å². The van der Waals surface area contributed by atoms with Crippen molar-refractivity contribution < 1.29 is 9.53 Å². The van der Waals surface area contributed by atoms with Gasteiger partial charge < -0.3 is 15.0 Å². The van der Waals surface area contributed by atoms with E-state index >= 15 is 0 Å². The highest BCUT2D eigenvalue weighted by atomic mass is 35.5. The number of carbonyl (C=O) groups excluding carboxylic acids is 1. The van der Waals surface area contributed by atoms with E-state index in [4.69, 9.17) is 16.3 Å². The van der Waals surface area contributed by atoms with Crippen LogP contribution in [0.5, 0.6) is 5.75 Å². The fraction of sp³-hybridized carbons (Fsp3) is 0.357. The Hall–Kier alpha value is -1.23. The summed E-state index contributed by atoms with van der Waals surface area (Å²) >= 11 is 5.96. The first-order valence-electron chi connectivity index (χ1n) is 6.37. The fourth-order valence-electron chi connectivity index (χ4n) is 2.34. The van der Waals surface area contributed by atoms with Crippen LogP contribution in [0.1, 0.15) is 5.56 Å². The van der Waals surface area contributed by atoms with Gasteiger partial charge in [0, 0.05) is 36.8 Å².